The number of nitrogens with one attached hydrogen (secondary N) is 1. The number of rotatable bonds is 2. The number of hydrogen-bond acceptors (Lipinski definition) is 5. The van der Waals surface area contributed by atoms with E-state index < -0.39 is 16.3 Å². The lowest BCUT2D eigenvalue weighted by molar-refractivity contribution is 0.175. The molecule has 0 aromatic heterocycles. The van der Waals surface area contributed by atoms with Gasteiger partial charge < -0.3 is 10.5 Å². The Hall–Kier alpha value is -0.860. The molecule has 1 rings (SSSR count). The first-order valence-corrected chi connectivity index (χ1v) is 6.44. The smallest absolute Gasteiger partial charge is 0.421 e. The molecule has 1 heterocycles. The van der Waals surface area contributed by atoms with Gasteiger partial charge >= 0.3 is 16.3 Å². The molecule has 1 fully saturated rings. The monoisotopic (exact) mass is 251 g/mol. The molecule has 1 amide bonds. The molecule has 1 aliphatic rings. The molecule has 0 spiro atoms. The van der Waals surface area contributed by atoms with Crippen molar-refractivity contribution in [2.24, 2.45) is 5.73 Å². The summed E-state index contributed by atoms with van der Waals surface area (Å²) in [5.74, 6) is 0. The highest BCUT2D eigenvalue weighted by atomic mass is 32.2. The van der Waals surface area contributed by atoms with E-state index in [9.17, 15) is 13.2 Å². The van der Waals surface area contributed by atoms with E-state index in [2.05, 4.69) is 4.74 Å². The standard InChI is InChI=1S/C8H17N3O4S/c1-6-5-7(9)3-4-11(6)16(13,14)10-8(12)15-2/h6-7H,3-5,9H2,1-2H3,(H,10,12). The Kier molecular flexibility index (Phi) is 4.11. The van der Waals surface area contributed by atoms with Gasteiger partial charge in [0.05, 0.1) is 7.11 Å². The zero-order valence-electron chi connectivity index (χ0n) is 9.34. The molecule has 0 saturated carbocycles. The fraction of sp³-hybridized carbons (Fsp3) is 0.875. The average molecular weight is 251 g/mol. The van der Waals surface area contributed by atoms with Crippen molar-refractivity contribution in [2.45, 2.75) is 31.8 Å². The molecule has 94 valence electrons. The summed E-state index contributed by atoms with van der Waals surface area (Å²) in [6.07, 6.45) is 0.191. The van der Waals surface area contributed by atoms with Crippen LogP contribution in [0.4, 0.5) is 4.79 Å². The van der Waals surface area contributed by atoms with Gasteiger partial charge in [0.1, 0.15) is 0 Å². The van der Waals surface area contributed by atoms with Gasteiger partial charge in [0.15, 0.2) is 0 Å². The molecule has 1 aliphatic heterocycles. The van der Waals surface area contributed by atoms with Gasteiger partial charge in [0.25, 0.3) is 0 Å². The second-order valence-corrected chi connectivity index (χ2v) is 5.47. The zero-order valence-corrected chi connectivity index (χ0v) is 10.2. The van der Waals surface area contributed by atoms with Crippen molar-refractivity contribution in [2.75, 3.05) is 13.7 Å². The Labute approximate surface area is 95.1 Å². The van der Waals surface area contributed by atoms with Crippen molar-refractivity contribution >= 4 is 16.3 Å². The summed E-state index contributed by atoms with van der Waals surface area (Å²) in [5.41, 5.74) is 5.72. The van der Waals surface area contributed by atoms with E-state index in [-0.39, 0.29) is 12.1 Å². The summed E-state index contributed by atoms with van der Waals surface area (Å²) in [5, 5.41) is 0. The van der Waals surface area contributed by atoms with E-state index in [0.717, 1.165) is 7.11 Å². The third-order valence-corrected chi connectivity index (χ3v) is 4.15. The molecule has 0 aromatic rings. The van der Waals surface area contributed by atoms with Gasteiger partial charge in [-0.25, -0.2) is 9.52 Å². The molecular weight excluding hydrogens is 234 g/mol. The summed E-state index contributed by atoms with van der Waals surface area (Å²) in [6.45, 7) is 2.07. The summed E-state index contributed by atoms with van der Waals surface area (Å²) in [7, 11) is -2.70. The highest BCUT2D eigenvalue weighted by Gasteiger charge is 2.33. The molecule has 16 heavy (non-hydrogen) atoms. The number of hydrogen-bond donors (Lipinski definition) is 2. The van der Waals surface area contributed by atoms with E-state index >= 15 is 0 Å². The lowest BCUT2D eigenvalue weighted by Gasteiger charge is -2.34. The van der Waals surface area contributed by atoms with Gasteiger partial charge in [0, 0.05) is 18.6 Å². The van der Waals surface area contributed by atoms with Gasteiger partial charge in [-0.2, -0.15) is 12.7 Å². The maximum absolute atomic E-state index is 11.7. The van der Waals surface area contributed by atoms with Gasteiger partial charge in [-0.1, -0.05) is 0 Å². The lowest BCUT2D eigenvalue weighted by atomic mass is 10.0. The third-order valence-electron chi connectivity index (χ3n) is 2.56. The van der Waals surface area contributed by atoms with Crippen LogP contribution >= 0.6 is 0 Å². The van der Waals surface area contributed by atoms with Crippen molar-refractivity contribution in [3.05, 3.63) is 0 Å². The SMILES string of the molecule is COC(=O)NS(=O)(=O)N1CCC(N)CC1C. The van der Waals surface area contributed by atoms with Crippen LogP contribution in [0.1, 0.15) is 19.8 Å². The van der Waals surface area contributed by atoms with E-state index in [4.69, 9.17) is 5.73 Å². The molecule has 1 saturated heterocycles. The second-order valence-electron chi connectivity index (χ2n) is 3.84. The minimum atomic E-state index is -3.81. The highest BCUT2D eigenvalue weighted by Crippen LogP contribution is 2.18. The summed E-state index contributed by atoms with van der Waals surface area (Å²) in [4.78, 5) is 10.9. The number of amides is 1. The topological polar surface area (TPSA) is 102 Å². The first kappa shape index (κ1) is 13.2. The number of nitrogens with two attached hydrogens (primary N) is 1. The maximum Gasteiger partial charge on any atom is 0.421 e. The van der Waals surface area contributed by atoms with Crippen LogP contribution < -0.4 is 10.5 Å². The average Bonchev–Trinajstić information content (AvgIpc) is 2.16. The predicted molar refractivity (Wildman–Crippen MR) is 57.8 cm³/mol. The number of carbonyl (C=O) groups excluding carboxylic acids is 1. The Balaban J connectivity index is 2.72. The Morgan fingerprint density at radius 2 is 2.19 bits per heavy atom. The lowest BCUT2D eigenvalue weighted by Crippen LogP contribution is -2.53. The van der Waals surface area contributed by atoms with Crippen LogP contribution in [0.5, 0.6) is 0 Å². The van der Waals surface area contributed by atoms with Crippen molar-refractivity contribution in [3.63, 3.8) is 0 Å². The van der Waals surface area contributed by atoms with Gasteiger partial charge in [-0.05, 0) is 19.8 Å². The maximum atomic E-state index is 11.7. The van der Waals surface area contributed by atoms with Crippen LogP contribution in [0.25, 0.3) is 0 Å². The van der Waals surface area contributed by atoms with Crippen molar-refractivity contribution in [1.29, 1.82) is 0 Å². The summed E-state index contributed by atoms with van der Waals surface area (Å²) >= 11 is 0. The van der Waals surface area contributed by atoms with Crippen LogP contribution in [0.15, 0.2) is 0 Å². The quantitative estimate of drug-likeness (QED) is 0.682. The van der Waals surface area contributed by atoms with Crippen LogP contribution in [0.2, 0.25) is 0 Å². The fourth-order valence-corrected chi connectivity index (χ4v) is 3.07. The van der Waals surface area contributed by atoms with Crippen molar-refractivity contribution in [1.82, 2.24) is 9.03 Å². The Bertz CT molecular complexity index is 356. The molecular formula is C8H17N3O4S. The number of piperidine rings is 1. The molecule has 8 heteroatoms. The van der Waals surface area contributed by atoms with E-state index in [1.54, 1.807) is 6.92 Å². The van der Waals surface area contributed by atoms with Gasteiger partial charge in [0.2, 0.25) is 0 Å². The molecule has 7 nitrogen and oxygen atoms in total. The second kappa shape index (κ2) is 4.98. The Morgan fingerprint density at radius 3 is 2.69 bits per heavy atom. The Morgan fingerprint density at radius 1 is 1.56 bits per heavy atom. The van der Waals surface area contributed by atoms with Crippen LogP contribution in [0, 0.1) is 0 Å². The molecule has 0 aromatic carbocycles. The minimum absolute atomic E-state index is 0.0135. The number of methoxy groups -OCH3 is 1. The van der Waals surface area contributed by atoms with Crippen LogP contribution in [0.3, 0.4) is 0 Å². The molecule has 2 unspecified atom stereocenters. The van der Waals surface area contributed by atoms with Crippen LogP contribution in [-0.4, -0.2) is 44.6 Å². The third kappa shape index (κ3) is 3.06. The molecule has 0 aliphatic carbocycles. The normalized spacial score (nSPS) is 27.4. The number of carbonyl (C=O) groups is 1. The zero-order chi connectivity index (χ0) is 12.3. The molecule has 2 atom stereocenters. The fourth-order valence-electron chi connectivity index (χ4n) is 1.75. The molecule has 3 N–H and O–H groups in total. The molecule has 0 radical (unpaired) electrons. The predicted octanol–water partition coefficient (Wildman–Crippen LogP) is -0.601. The van der Waals surface area contributed by atoms with Crippen LogP contribution in [-0.2, 0) is 14.9 Å². The number of ether oxygens (including phenoxy) is 1. The first-order chi connectivity index (χ1) is 7.36. The largest absolute Gasteiger partial charge is 0.452 e. The summed E-state index contributed by atoms with van der Waals surface area (Å²) in [6, 6.07) is -0.203. The van der Waals surface area contributed by atoms with Crippen molar-refractivity contribution in [3.8, 4) is 0 Å². The van der Waals surface area contributed by atoms with E-state index in [1.807, 2.05) is 4.72 Å². The first-order valence-electron chi connectivity index (χ1n) is 5.00. The van der Waals surface area contributed by atoms with E-state index in [0.29, 0.717) is 19.4 Å². The van der Waals surface area contributed by atoms with Crippen molar-refractivity contribution < 1.29 is 17.9 Å². The van der Waals surface area contributed by atoms with Gasteiger partial charge in [-0.3, -0.25) is 0 Å². The molecule has 0 bridgehead atoms. The number of nitrogens with zero attached hydrogens (tertiary/aromatic N) is 1. The van der Waals surface area contributed by atoms with E-state index in [1.165, 1.54) is 4.31 Å². The summed E-state index contributed by atoms with van der Waals surface area (Å²) < 4.78 is 30.8. The highest BCUT2D eigenvalue weighted by molar-refractivity contribution is 7.87. The van der Waals surface area contributed by atoms with Gasteiger partial charge in [-0.15, -0.1) is 0 Å². The minimum Gasteiger partial charge on any atom is -0.452 e.